The summed E-state index contributed by atoms with van der Waals surface area (Å²) in [6.45, 7) is -0.150. The van der Waals surface area contributed by atoms with E-state index in [1.54, 1.807) is 12.1 Å². The molecule has 0 aliphatic carbocycles. The van der Waals surface area contributed by atoms with Crippen LogP contribution in [0.2, 0.25) is 0 Å². The predicted octanol–water partition coefficient (Wildman–Crippen LogP) is 2.67. The molecule has 0 unspecified atom stereocenters. The second-order valence-electron chi connectivity index (χ2n) is 6.90. The summed E-state index contributed by atoms with van der Waals surface area (Å²) >= 11 is 0. The number of rotatable bonds is 9. The van der Waals surface area contributed by atoms with E-state index in [1.807, 2.05) is 0 Å². The third-order valence-electron chi connectivity index (χ3n) is 4.50. The number of benzene rings is 2. The lowest BCUT2D eigenvalue weighted by atomic mass is 10.3. The summed E-state index contributed by atoms with van der Waals surface area (Å²) in [5, 5.41) is 17.8. The Balaban J connectivity index is 1.37. The Morgan fingerprint density at radius 1 is 1.03 bits per heavy atom. The molecule has 0 fully saturated rings. The molecule has 2 N–H and O–H groups in total. The van der Waals surface area contributed by atoms with Crippen LogP contribution in [0.15, 0.2) is 84.1 Å². The van der Waals surface area contributed by atoms with Gasteiger partial charge in [0.25, 0.3) is 15.9 Å². The van der Waals surface area contributed by atoms with Gasteiger partial charge in [-0.15, -0.1) is 0 Å². The van der Waals surface area contributed by atoms with Gasteiger partial charge in [-0.2, -0.15) is 5.10 Å². The maximum atomic E-state index is 12.5. The number of nitro benzene ring substituents is 1. The number of para-hydroxylation sites is 2. The number of nitro groups is 1. The Hall–Kier alpha value is -4.85. The zero-order chi connectivity index (χ0) is 24.8. The summed E-state index contributed by atoms with van der Waals surface area (Å²) in [4.78, 5) is 30.6. The molecule has 0 radical (unpaired) electrons. The largest absolute Gasteiger partial charge is 0.464 e. The maximum absolute atomic E-state index is 12.5. The van der Waals surface area contributed by atoms with Gasteiger partial charge in [-0.25, -0.2) is 27.8 Å². The van der Waals surface area contributed by atoms with Gasteiger partial charge in [0.15, 0.2) is 18.2 Å². The molecule has 0 saturated carbocycles. The Morgan fingerprint density at radius 2 is 1.74 bits per heavy atom. The van der Waals surface area contributed by atoms with Gasteiger partial charge >= 0.3 is 5.69 Å². The van der Waals surface area contributed by atoms with E-state index in [9.17, 15) is 23.3 Å². The summed E-state index contributed by atoms with van der Waals surface area (Å²) in [7, 11) is -3.90. The van der Waals surface area contributed by atoms with E-state index >= 15 is 0 Å². The molecule has 4 rings (SSSR count). The molecule has 0 aliphatic rings. The van der Waals surface area contributed by atoms with E-state index in [0.29, 0.717) is 5.69 Å². The third kappa shape index (κ3) is 5.75. The van der Waals surface area contributed by atoms with Crippen molar-refractivity contribution in [3.05, 3.63) is 95.1 Å². The predicted molar refractivity (Wildman–Crippen MR) is 123 cm³/mol. The van der Waals surface area contributed by atoms with Gasteiger partial charge in [-0.05, 0) is 42.5 Å². The highest BCUT2D eigenvalue weighted by atomic mass is 32.2. The van der Waals surface area contributed by atoms with Crippen molar-refractivity contribution < 1.29 is 22.9 Å². The van der Waals surface area contributed by atoms with Crippen molar-refractivity contribution >= 4 is 33.3 Å². The normalized spacial score (nSPS) is 11.0. The SMILES string of the molecule is O=C(Nc1ccc(S(=O)(=O)Nc2ncccn2)cc1)c1ccn(COc2ccccc2[N+](=O)[O-])n1. The first-order valence-corrected chi connectivity index (χ1v) is 11.4. The highest BCUT2D eigenvalue weighted by Crippen LogP contribution is 2.26. The second kappa shape index (κ2) is 9.96. The number of anilines is 2. The minimum Gasteiger partial charge on any atom is -0.464 e. The number of aromatic nitrogens is 4. The lowest BCUT2D eigenvalue weighted by molar-refractivity contribution is -0.386. The standard InChI is InChI=1S/C21H17N7O6S/c29-20(17-10-13-27(25-17)14-34-19-5-2-1-4-18(19)28(30)31)24-15-6-8-16(9-7-15)35(32,33)26-21-22-11-3-12-23-21/h1-13H,14H2,(H,24,29)(H,22,23,26). The maximum Gasteiger partial charge on any atom is 0.311 e. The highest BCUT2D eigenvalue weighted by Gasteiger charge is 2.17. The zero-order valence-electron chi connectivity index (χ0n) is 17.8. The Kier molecular flexibility index (Phi) is 6.64. The minimum atomic E-state index is -3.90. The Labute approximate surface area is 198 Å². The van der Waals surface area contributed by atoms with Crippen molar-refractivity contribution in [3.8, 4) is 5.75 Å². The summed E-state index contributed by atoms with van der Waals surface area (Å²) in [6, 6.07) is 14.4. The number of carbonyl (C=O) groups is 1. The molecule has 14 heteroatoms. The molecular formula is C21H17N7O6S. The highest BCUT2D eigenvalue weighted by molar-refractivity contribution is 7.92. The first-order valence-electron chi connectivity index (χ1n) is 9.93. The Bertz CT molecular complexity index is 1460. The zero-order valence-corrected chi connectivity index (χ0v) is 18.6. The first kappa shape index (κ1) is 23.3. The quantitative estimate of drug-likeness (QED) is 0.261. The van der Waals surface area contributed by atoms with Crippen LogP contribution in [0.3, 0.4) is 0 Å². The minimum absolute atomic E-state index is 0.0422. The number of nitrogens with zero attached hydrogens (tertiary/aromatic N) is 5. The third-order valence-corrected chi connectivity index (χ3v) is 5.85. The number of carbonyl (C=O) groups excluding carboxylic acids is 1. The molecule has 0 spiro atoms. The molecule has 2 aromatic heterocycles. The molecule has 0 atom stereocenters. The number of amides is 1. The fourth-order valence-corrected chi connectivity index (χ4v) is 3.82. The molecular weight excluding hydrogens is 478 g/mol. The van der Waals surface area contributed by atoms with Crippen molar-refractivity contribution in [3.63, 3.8) is 0 Å². The van der Waals surface area contributed by atoms with Crippen molar-refractivity contribution in [2.75, 3.05) is 10.0 Å². The average molecular weight is 495 g/mol. The van der Waals surface area contributed by atoms with E-state index < -0.39 is 20.9 Å². The van der Waals surface area contributed by atoms with Gasteiger partial charge in [0, 0.05) is 30.3 Å². The average Bonchev–Trinajstić information content (AvgIpc) is 3.33. The van der Waals surface area contributed by atoms with Crippen LogP contribution in [0.4, 0.5) is 17.3 Å². The Morgan fingerprint density at radius 3 is 2.46 bits per heavy atom. The van der Waals surface area contributed by atoms with Crippen LogP contribution in [0, 0.1) is 10.1 Å². The fourth-order valence-electron chi connectivity index (χ4n) is 2.86. The van der Waals surface area contributed by atoms with Gasteiger partial charge < -0.3 is 10.1 Å². The fraction of sp³-hybridized carbons (Fsp3) is 0.0476. The smallest absolute Gasteiger partial charge is 0.311 e. The number of sulfonamides is 1. The van der Waals surface area contributed by atoms with Crippen LogP contribution in [0.25, 0.3) is 0 Å². The van der Waals surface area contributed by atoms with Crippen LogP contribution in [0.5, 0.6) is 5.75 Å². The van der Waals surface area contributed by atoms with Crippen LogP contribution in [-0.4, -0.2) is 39.0 Å². The number of ether oxygens (including phenoxy) is 1. The summed E-state index contributed by atoms with van der Waals surface area (Å²) in [6.07, 6.45) is 4.29. The molecule has 178 valence electrons. The molecule has 0 saturated heterocycles. The first-order chi connectivity index (χ1) is 16.8. The monoisotopic (exact) mass is 495 g/mol. The van der Waals surface area contributed by atoms with E-state index in [-0.39, 0.29) is 34.7 Å². The lowest BCUT2D eigenvalue weighted by Gasteiger charge is -2.08. The number of hydrogen-bond acceptors (Lipinski definition) is 9. The van der Waals surface area contributed by atoms with E-state index in [4.69, 9.17) is 4.74 Å². The van der Waals surface area contributed by atoms with Gasteiger partial charge in [0.2, 0.25) is 5.95 Å². The van der Waals surface area contributed by atoms with Crippen molar-refractivity contribution in [2.24, 2.45) is 0 Å². The van der Waals surface area contributed by atoms with Crippen LogP contribution in [-0.2, 0) is 16.8 Å². The van der Waals surface area contributed by atoms with Crippen molar-refractivity contribution in [1.29, 1.82) is 0 Å². The molecule has 13 nitrogen and oxygen atoms in total. The molecule has 0 aliphatic heterocycles. The van der Waals surface area contributed by atoms with Crippen LogP contribution < -0.4 is 14.8 Å². The molecule has 1 amide bonds. The molecule has 35 heavy (non-hydrogen) atoms. The van der Waals surface area contributed by atoms with Gasteiger partial charge in [0.05, 0.1) is 9.82 Å². The van der Waals surface area contributed by atoms with Gasteiger partial charge in [-0.3, -0.25) is 14.9 Å². The topological polar surface area (TPSA) is 171 Å². The molecule has 2 aromatic carbocycles. The van der Waals surface area contributed by atoms with Gasteiger partial charge in [0.1, 0.15) is 0 Å². The van der Waals surface area contributed by atoms with Crippen molar-refractivity contribution in [2.45, 2.75) is 11.6 Å². The lowest BCUT2D eigenvalue weighted by Crippen LogP contribution is -2.16. The summed E-state index contributed by atoms with van der Waals surface area (Å²) < 4.78 is 33.9. The van der Waals surface area contributed by atoms with E-state index in [1.165, 1.54) is 71.8 Å². The molecule has 0 bridgehead atoms. The van der Waals surface area contributed by atoms with E-state index in [0.717, 1.165) is 0 Å². The number of hydrogen-bond donors (Lipinski definition) is 2. The summed E-state index contributed by atoms with van der Waals surface area (Å²) in [5.41, 5.74) is 0.223. The second-order valence-corrected chi connectivity index (χ2v) is 8.58. The van der Waals surface area contributed by atoms with Gasteiger partial charge in [-0.1, -0.05) is 12.1 Å². The molecule has 4 aromatic rings. The molecule has 2 heterocycles. The number of nitrogens with one attached hydrogen (secondary N) is 2. The van der Waals surface area contributed by atoms with Crippen LogP contribution in [0.1, 0.15) is 10.5 Å². The summed E-state index contributed by atoms with van der Waals surface area (Å²) in [5.74, 6) is -0.533. The van der Waals surface area contributed by atoms with Crippen molar-refractivity contribution in [1.82, 2.24) is 19.7 Å². The van der Waals surface area contributed by atoms with E-state index in [2.05, 4.69) is 25.1 Å². The van der Waals surface area contributed by atoms with Crippen LogP contribution >= 0.6 is 0 Å².